The van der Waals surface area contributed by atoms with Crippen LogP contribution in [-0.2, 0) is 14.3 Å². The molecule has 0 saturated heterocycles. The maximum Gasteiger partial charge on any atom is 0.313 e. The minimum atomic E-state index is -1.31. The molecule has 0 radical (unpaired) electrons. The minimum Gasteiger partial charge on any atom is -0.481 e. The number of aliphatic hydroxyl groups is 1. The third kappa shape index (κ3) is 3.53. The number of hydrogen-bond donors (Lipinski definition) is 2. The van der Waals surface area contributed by atoms with Crippen LogP contribution in [0, 0.1) is 34.5 Å². The lowest BCUT2D eigenvalue weighted by molar-refractivity contribution is -0.222. The molecule has 3 aliphatic carbocycles. The van der Waals surface area contributed by atoms with Gasteiger partial charge in [-0.05, 0) is 74.7 Å². The molecule has 0 spiro atoms. The second kappa shape index (κ2) is 8.14. The van der Waals surface area contributed by atoms with Crippen LogP contribution in [0.1, 0.15) is 73.1 Å². The normalized spacial score (nSPS) is 41.1. The Hall–Kier alpha value is -1.62. The first-order chi connectivity index (χ1) is 14.0. The number of ether oxygens (including phenoxy) is 1. The molecule has 0 aromatic heterocycles. The molecule has 0 bridgehead atoms. The maximum absolute atomic E-state index is 12.6. The Kier molecular flexibility index (Phi) is 6.26. The zero-order valence-corrected chi connectivity index (χ0v) is 19.1. The van der Waals surface area contributed by atoms with Gasteiger partial charge < -0.3 is 14.9 Å². The van der Waals surface area contributed by atoms with Crippen molar-refractivity contribution in [3.05, 3.63) is 23.8 Å². The van der Waals surface area contributed by atoms with Gasteiger partial charge in [0.05, 0.1) is 6.10 Å². The molecular formula is C25H38O5. The molecule has 3 aliphatic rings. The second-order valence-electron chi connectivity index (χ2n) is 10.7. The number of fused-ring (bicyclic) bond motifs is 3. The third-order valence-corrected chi connectivity index (χ3v) is 8.53. The number of rotatable bonds is 5. The number of allylic oxidation sites excluding steroid dienone is 3. The van der Waals surface area contributed by atoms with Crippen molar-refractivity contribution in [3.63, 3.8) is 0 Å². The molecule has 2 N–H and O–H groups in total. The van der Waals surface area contributed by atoms with Gasteiger partial charge in [-0.1, -0.05) is 39.0 Å². The molecular weight excluding hydrogens is 380 g/mol. The Morgan fingerprint density at radius 3 is 2.53 bits per heavy atom. The summed E-state index contributed by atoms with van der Waals surface area (Å²) in [5.41, 5.74) is 0.940. The van der Waals surface area contributed by atoms with Crippen LogP contribution in [0.3, 0.4) is 0 Å². The Morgan fingerprint density at radius 1 is 1.30 bits per heavy atom. The smallest absolute Gasteiger partial charge is 0.313 e. The van der Waals surface area contributed by atoms with Gasteiger partial charge in [-0.15, -0.1) is 0 Å². The summed E-state index contributed by atoms with van der Waals surface area (Å²) < 4.78 is 5.76. The SMILES string of the molecule is C=CC1=C(C)C2CC(O)C3C(C)(CCC(OC(=O)CC(C)C)C3(C)C(=O)O)C2CC1. The first-order valence-corrected chi connectivity index (χ1v) is 11.4. The lowest BCUT2D eigenvalue weighted by Gasteiger charge is -2.63. The van der Waals surface area contributed by atoms with Crippen molar-refractivity contribution in [2.45, 2.75) is 85.4 Å². The van der Waals surface area contributed by atoms with Gasteiger partial charge in [-0.25, -0.2) is 0 Å². The van der Waals surface area contributed by atoms with Gasteiger partial charge in [0.1, 0.15) is 11.5 Å². The highest BCUT2D eigenvalue weighted by Crippen LogP contribution is 2.65. The lowest BCUT2D eigenvalue weighted by Crippen LogP contribution is -2.65. The van der Waals surface area contributed by atoms with Crippen molar-refractivity contribution in [2.75, 3.05) is 0 Å². The third-order valence-electron chi connectivity index (χ3n) is 8.53. The van der Waals surface area contributed by atoms with E-state index < -0.39 is 29.5 Å². The molecule has 5 heteroatoms. The number of aliphatic hydroxyl groups excluding tert-OH is 1. The fraction of sp³-hybridized carbons (Fsp3) is 0.760. The Labute approximate surface area is 180 Å². The molecule has 2 fully saturated rings. The minimum absolute atomic E-state index is 0.152. The molecule has 7 atom stereocenters. The van der Waals surface area contributed by atoms with Crippen LogP contribution in [0.15, 0.2) is 23.8 Å². The van der Waals surface area contributed by atoms with Crippen molar-refractivity contribution in [1.29, 1.82) is 0 Å². The van der Waals surface area contributed by atoms with E-state index in [-0.39, 0.29) is 29.6 Å². The van der Waals surface area contributed by atoms with Crippen LogP contribution in [0.2, 0.25) is 0 Å². The van der Waals surface area contributed by atoms with E-state index in [0.29, 0.717) is 18.8 Å². The van der Waals surface area contributed by atoms with E-state index in [1.807, 2.05) is 19.9 Å². The van der Waals surface area contributed by atoms with Crippen LogP contribution in [0.25, 0.3) is 0 Å². The predicted molar refractivity (Wildman–Crippen MR) is 116 cm³/mol. The highest BCUT2D eigenvalue weighted by molar-refractivity contribution is 5.77. The Bertz CT molecular complexity index is 753. The van der Waals surface area contributed by atoms with Crippen molar-refractivity contribution in [1.82, 2.24) is 0 Å². The molecule has 0 aliphatic heterocycles. The van der Waals surface area contributed by atoms with Gasteiger partial charge in [-0.2, -0.15) is 0 Å². The summed E-state index contributed by atoms with van der Waals surface area (Å²) in [5.74, 6) is -1.05. The summed E-state index contributed by atoms with van der Waals surface area (Å²) in [5, 5.41) is 21.7. The largest absolute Gasteiger partial charge is 0.481 e. The van der Waals surface area contributed by atoms with Crippen LogP contribution in [0.5, 0.6) is 0 Å². The van der Waals surface area contributed by atoms with Crippen molar-refractivity contribution >= 4 is 11.9 Å². The molecule has 0 aromatic carbocycles. The number of carbonyl (C=O) groups is 2. The van der Waals surface area contributed by atoms with E-state index in [0.717, 1.165) is 19.3 Å². The Balaban J connectivity index is 1.98. The van der Waals surface area contributed by atoms with Gasteiger partial charge in [0.15, 0.2) is 0 Å². The zero-order valence-electron chi connectivity index (χ0n) is 19.1. The molecule has 0 aromatic rings. The number of carboxylic acids is 1. The molecule has 30 heavy (non-hydrogen) atoms. The number of esters is 1. The van der Waals surface area contributed by atoms with Gasteiger partial charge in [-0.3, -0.25) is 9.59 Å². The average molecular weight is 419 g/mol. The van der Waals surface area contributed by atoms with Gasteiger partial charge in [0.2, 0.25) is 0 Å². The van der Waals surface area contributed by atoms with Gasteiger partial charge >= 0.3 is 11.9 Å². The highest BCUT2D eigenvalue weighted by Gasteiger charge is 2.66. The maximum atomic E-state index is 12.6. The summed E-state index contributed by atoms with van der Waals surface area (Å²) >= 11 is 0. The quantitative estimate of drug-likeness (QED) is 0.630. The number of hydrogen-bond acceptors (Lipinski definition) is 4. The predicted octanol–water partition coefficient (Wildman–Crippen LogP) is 4.74. The van der Waals surface area contributed by atoms with E-state index in [1.54, 1.807) is 6.92 Å². The average Bonchev–Trinajstić information content (AvgIpc) is 2.64. The summed E-state index contributed by atoms with van der Waals surface area (Å²) in [4.78, 5) is 25.0. The molecule has 3 rings (SSSR count). The monoisotopic (exact) mass is 418 g/mol. The van der Waals surface area contributed by atoms with Gasteiger partial charge in [0, 0.05) is 12.3 Å². The van der Waals surface area contributed by atoms with Crippen LogP contribution in [-0.4, -0.2) is 34.4 Å². The summed E-state index contributed by atoms with van der Waals surface area (Å²) in [6.45, 7) is 13.8. The van der Waals surface area contributed by atoms with Crippen molar-refractivity contribution in [2.24, 2.45) is 34.5 Å². The topological polar surface area (TPSA) is 83.8 Å². The fourth-order valence-electron chi connectivity index (χ4n) is 7.07. The molecule has 5 nitrogen and oxygen atoms in total. The number of carbonyl (C=O) groups excluding carboxylic acids is 1. The highest BCUT2D eigenvalue weighted by atomic mass is 16.5. The van der Waals surface area contributed by atoms with Crippen molar-refractivity contribution < 1.29 is 24.5 Å². The molecule has 2 saturated carbocycles. The number of aliphatic carboxylic acids is 1. The summed E-state index contributed by atoms with van der Waals surface area (Å²) in [6.07, 6.45) is 4.51. The van der Waals surface area contributed by atoms with Gasteiger partial charge in [0.25, 0.3) is 0 Å². The molecule has 7 unspecified atom stereocenters. The zero-order chi connectivity index (χ0) is 22.4. The van der Waals surface area contributed by atoms with Crippen molar-refractivity contribution in [3.8, 4) is 0 Å². The van der Waals surface area contributed by atoms with E-state index in [9.17, 15) is 19.8 Å². The van der Waals surface area contributed by atoms with Crippen LogP contribution in [0.4, 0.5) is 0 Å². The van der Waals surface area contributed by atoms with Crippen LogP contribution >= 0.6 is 0 Å². The first kappa shape index (κ1) is 23.1. The summed E-state index contributed by atoms with van der Waals surface area (Å²) in [6, 6.07) is 0. The first-order valence-electron chi connectivity index (χ1n) is 11.4. The van der Waals surface area contributed by atoms with E-state index in [1.165, 1.54) is 11.1 Å². The molecule has 0 heterocycles. The molecule has 0 amide bonds. The lowest BCUT2D eigenvalue weighted by atomic mass is 9.42. The number of carboxylic acid groups (broad SMARTS) is 1. The second-order valence-corrected chi connectivity index (χ2v) is 10.7. The Morgan fingerprint density at radius 2 is 1.97 bits per heavy atom. The summed E-state index contributed by atoms with van der Waals surface area (Å²) in [7, 11) is 0. The fourth-order valence-corrected chi connectivity index (χ4v) is 7.07. The van der Waals surface area contributed by atoms with E-state index >= 15 is 0 Å². The van der Waals surface area contributed by atoms with E-state index in [4.69, 9.17) is 4.74 Å². The molecule has 168 valence electrons. The van der Waals surface area contributed by atoms with Crippen LogP contribution < -0.4 is 0 Å². The van der Waals surface area contributed by atoms with E-state index in [2.05, 4.69) is 20.4 Å². The standard InChI is InChI=1S/C25H38O5/c1-7-16-8-9-18-17(15(16)4)13-19(26)22-24(18,5)11-10-20(25(22,6)23(28)29)30-21(27)12-14(2)3/h7,14,17-20,22,26H,1,8-13H2,2-6H3,(H,28,29).